The minimum Gasteiger partial charge on any atom is -0.550 e. The number of nitrogens with two attached hydrogens (primary N) is 1. The van der Waals surface area contributed by atoms with Crippen molar-refractivity contribution in [1.29, 1.82) is 0 Å². The summed E-state index contributed by atoms with van der Waals surface area (Å²) in [5, 5.41) is 12.6. The van der Waals surface area contributed by atoms with Crippen molar-refractivity contribution in [3.05, 3.63) is 0 Å². The Kier molecular flexibility index (Phi) is 26.9. The largest absolute Gasteiger partial charge is 0.550 e. The fourth-order valence-electron chi connectivity index (χ4n) is 3.40. The third-order valence-electron chi connectivity index (χ3n) is 5.26. The fourth-order valence-corrected chi connectivity index (χ4v) is 3.40. The number of carbonyl (C=O) groups is 1. The van der Waals surface area contributed by atoms with Crippen molar-refractivity contribution in [2.75, 3.05) is 13.1 Å². The Labute approximate surface area is 183 Å². The molecule has 0 unspecified atom stereocenters. The van der Waals surface area contributed by atoms with E-state index in [0.717, 1.165) is 24.7 Å². The second-order valence-electron chi connectivity index (χ2n) is 9.62. The van der Waals surface area contributed by atoms with Gasteiger partial charge in [-0.2, -0.15) is 0 Å². The SMILES string of the molecule is CC(C)C[NH2+]CC(C)C.CCCCCCCCCCCCCCCCCC(=O)[O-]. The van der Waals surface area contributed by atoms with Crippen LogP contribution in [0.2, 0.25) is 0 Å². The smallest absolute Gasteiger partial charge is 0.0778 e. The van der Waals surface area contributed by atoms with Crippen LogP contribution >= 0.6 is 0 Å². The summed E-state index contributed by atoms with van der Waals surface area (Å²) >= 11 is 0. The van der Waals surface area contributed by atoms with Gasteiger partial charge in [-0.05, 0) is 12.8 Å². The number of rotatable bonds is 20. The molecule has 0 saturated carbocycles. The highest BCUT2D eigenvalue weighted by atomic mass is 16.4. The lowest BCUT2D eigenvalue weighted by atomic mass is 10.0. The summed E-state index contributed by atoms with van der Waals surface area (Å²) in [5.41, 5.74) is 0. The lowest BCUT2D eigenvalue weighted by Crippen LogP contribution is -2.86. The third kappa shape index (κ3) is 35.3. The van der Waals surface area contributed by atoms with Crippen LogP contribution in [-0.4, -0.2) is 19.1 Å². The Bertz CT molecular complexity index is 308. The van der Waals surface area contributed by atoms with Crippen molar-refractivity contribution in [2.24, 2.45) is 11.8 Å². The molecule has 0 aromatic heterocycles. The summed E-state index contributed by atoms with van der Waals surface area (Å²) in [7, 11) is 0. The average molecular weight is 414 g/mol. The molecule has 0 bridgehead atoms. The molecule has 0 atom stereocenters. The number of hydrogen-bond acceptors (Lipinski definition) is 2. The van der Waals surface area contributed by atoms with Crippen molar-refractivity contribution < 1.29 is 15.2 Å². The molecule has 2 N–H and O–H groups in total. The van der Waals surface area contributed by atoms with Gasteiger partial charge in [-0.15, -0.1) is 0 Å². The fraction of sp³-hybridized carbons (Fsp3) is 0.962. The number of aliphatic carboxylic acids is 1. The highest BCUT2D eigenvalue weighted by Gasteiger charge is 1.98. The highest BCUT2D eigenvalue weighted by Crippen LogP contribution is 2.13. The van der Waals surface area contributed by atoms with Gasteiger partial charge in [0.05, 0.1) is 13.1 Å². The van der Waals surface area contributed by atoms with E-state index in [1.165, 1.54) is 96.6 Å². The van der Waals surface area contributed by atoms with Gasteiger partial charge in [0.25, 0.3) is 0 Å². The molecule has 0 aliphatic carbocycles. The molecule has 3 heteroatoms. The predicted octanol–water partition coefficient (Wildman–Crippen LogP) is 5.86. The van der Waals surface area contributed by atoms with E-state index in [4.69, 9.17) is 0 Å². The molecular formula is C26H55NO2. The van der Waals surface area contributed by atoms with Crippen LogP contribution in [0.15, 0.2) is 0 Å². The van der Waals surface area contributed by atoms with Crippen LogP contribution in [0.25, 0.3) is 0 Å². The summed E-state index contributed by atoms with van der Waals surface area (Å²) in [4.78, 5) is 10.2. The predicted molar refractivity (Wildman–Crippen MR) is 126 cm³/mol. The van der Waals surface area contributed by atoms with Crippen LogP contribution in [0.4, 0.5) is 0 Å². The maximum Gasteiger partial charge on any atom is 0.0778 e. The number of hydrogen-bond donors (Lipinski definition) is 1. The normalized spacial score (nSPS) is 11.0. The molecule has 0 amide bonds. The Balaban J connectivity index is 0. The molecule has 176 valence electrons. The number of carboxylic acids is 1. The van der Waals surface area contributed by atoms with E-state index in [-0.39, 0.29) is 6.42 Å². The number of carbonyl (C=O) groups excluding carboxylic acids is 1. The first-order chi connectivity index (χ1) is 13.9. The first kappa shape index (κ1) is 30.6. The molecule has 0 rings (SSSR count). The zero-order valence-corrected chi connectivity index (χ0v) is 20.8. The molecule has 0 saturated heterocycles. The van der Waals surface area contributed by atoms with E-state index in [1.807, 2.05) is 0 Å². The van der Waals surface area contributed by atoms with E-state index in [2.05, 4.69) is 39.9 Å². The van der Waals surface area contributed by atoms with E-state index in [1.54, 1.807) is 0 Å². The van der Waals surface area contributed by atoms with Gasteiger partial charge in [0.1, 0.15) is 0 Å². The Hall–Kier alpha value is -0.570. The van der Waals surface area contributed by atoms with E-state index < -0.39 is 5.97 Å². The molecule has 0 radical (unpaired) electrons. The summed E-state index contributed by atoms with van der Waals surface area (Å²) in [6.45, 7) is 13.9. The van der Waals surface area contributed by atoms with Crippen molar-refractivity contribution in [3.63, 3.8) is 0 Å². The highest BCUT2D eigenvalue weighted by molar-refractivity contribution is 5.63. The van der Waals surface area contributed by atoms with Gasteiger partial charge in [0, 0.05) is 17.8 Å². The number of quaternary nitrogens is 1. The minimum absolute atomic E-state index is 0.234. The van der Waals surface area contributed by atoms with E-state index >= 15 is 0 Å². The second kappa shape index (κ2) is 25.5. The molecule has 0 aromatic carbocycles. The Morgan fingerprint density at radius 2 is 0.931 bits per heavy atom. The lowest BCUT2D eigenvalue weighted by molar-refractivity contribution is -0.664. The molecule has 0 fully saturated rings. The molecule has 0 aromatic rings. The molecule has 0 aliphatic rings. The van der Waals surface area contributed by atoms with Crippen LogP contribution in [0.5, 0.6) is 0 Å². The van der Waals surface area contributed by atoms with Gasteiger partial charge in [-0.1, -0.05) is 125 Å². The van der Waals surface area contributed by atoms with Crippen molar-refractivity contribution in [3.8, 4) is 0 Å². The van der Waals surface area contributed by atoms with E-state index in [9.17, 15) is 9.90 Å². The molecule has 0 spiro atoms. The van der Waals surface area contributed by atoms with Crippen LogP contribution in [0.3, 0.4) is 0 Å². The summed E-state index contributed by atoms with van der Waals surface area (Å²) in [5.74, 6) is 0.771. The average Bonchev–Trinajstić information content (AvgIpc) is 2.64. The first-order valence-electron chi connectivity index (χ1n) is 12.9. The monoisotopic (exact) mass is 413 g/mol. The van der Waals surface area contributed by atoms with Crippen molar-refractivity contribution in [1.82, 2.24) is 0 Å². The Morgan fingerprint density at radius 1 is 0.621 bits per heavy atom. The van der Waals surface area contributed by atoms with Gasteiger partial charge in [-0.3, -0.25) is 0 Å². The Morgan fingerprint density at radius 3 is 1.21 bits per heavy atom. The van der Waals surface area contributed by atoms with Crippen LogP contribution in [-0.2, 0) is 4.79 Å². The zero-order valence-electron chi connectivity index (χ0n) is 20.8. The summed E-state index contributed by atoms with van der Waals surface area (Å²) in [6, 6.07) is 0. The second-order valence-corrected chi connectivity index (χ2v) is 9.62. The van der Waals surface area contributed by atoms with Crippen LogP contribution in [0, 0.1) is 11.8 Å². The van der Waals surface area contributed by atoms with E-state index in [0.29, 0.717) is 0 Å². The zero-order chi connectivity index (χ0) is 22.2. The van der Waals surface area contributed by atoms with Crippen molar-refractivity contribution >= 4 is 5.97 Å². The van der Waals surface area contributed by atoms with Gasteiger partial charge in [0.2, 0.25) is 0 Å². The molecule has 3 nitrogen and oxygen atoms in total. The van der Waals surface area contributed by atoms with Gasteiger partial charge in [-0.25, -0.2) is 0 Å². The topological polar surface area (TPSA) is 56.7 Å². The van der Waals surface area contributed by atoms with Gasteiger partial charge < -0.3 is 15.2 Å². The maximum atomic E-state index is 10.2. The lowest BCUT2D eigenvalue weighted by Gasteiger charge is -2.05. The maximum absolute atomic E-state index is 10.2. The van der Waals surface area contributed by atoms with Gasteiger partial charge in [0.15, 0.2) is 0 Å². The van der Waals surface area contributed by atoms with Gasteiger partial charge >= 0.3 is 0 Å². The number of carboxylic acid groups (broad SMARTS) is 1. The quantitative estimate of drug-likeness (QED) is 0.254. The molecule has 0 heterocycles. The van der Waals surface area contributed by atoms with Crippen molar-refractivity contribution in [2.45, 2.75) is 137 Å². The first-order valence-corrected chi connectivity index (χ1v) is 12.9. The number of unbranched alkanes of at least 4 members (excludes halogenated alkanes) is 14. The summed E-state index contributed by atoms with van der Waals surface area (Å²) in [6.07, 6.45) is 19.9. The molecule has 0 aliphatic heterocycles. The minimum atomic E-state index is -0.903. The molecular weight excluding hydrogens is 358 g/mol. The standard InChI is InChI=1S/C18H36O2.C8H19N/c1-2-3-4-5-6-7-8-9-10-11-12-13-14-15-16-17-18(19)20;1-7(2)5-9-6-8(3)4/h2-17H2,1H3,(H,19,20);7-9H,5-6H2,1-4H3. The summed E-state index contributed by atoms with van der Waals surface area (Å²) < 4.78 is 0. The molecule has 29 heavy (non-hydrogen) atoms. The van der Waals surface area contributed by atoms with Crippen LogP contribution in [0.1, 0.15) is 137 Å². The third-order valence-corrected chi connectivity index (χ3v) is 5.26. The van der Waals surface area contributed by atoms with Crippen LogP contribution < -0.4 is 10.4 Å².